The summed E-state index contributed by atoms with van der Waals surface area (Å²) < 4.78 is 22.4. The second-order valence-corrected chi connectivity index (χ2v) is 8.14. The molecule has 0 fully saturated rings. The van der Waals surface area contributed by atoms with E-state index in [1.165, 1.54) is 22.9 Å². The SMILES string of the molecule is Cc1cccc(CNCC(C)(C)S(C)(=O)=O)c1C. The van der Waals surface area contributed by atoms with E-state index in [1.807, 2.05) is 6.07 Å². The van der Waals surface area contributed by atoms with Gasteiger partial charge in [-0.05, 0) is 44.4 Å². The van der Waals surface area contributed by atoms with Crippen molar-refractivity contribution in [3.05, 3.63) is 34.9 Å². The van der Waals surface area contributed by atoms with Crippen LogP contribution in [0.25, 0.3) is 0 Å². The number of rotatable bonds is 5. The van der Waals surface area contributed by atoms with Gasteiger partial charge in [-0.25, -0.2) is 8.42 Å². The number of hydrogen-bond donors (Lipinski definition) is 1. The quantitative estimate of drug-likeness (QED) is 0.891. The molecule has 1 rings (SSSR count). The standard InChI is InChI=1S/C14H23NO2S/c1-11-7-6-8-13(12(11)2)9-15-10-14(3,4)18(5,16)17/h6-8,15H,9-10H2,1-5H3. The molecule has 0 radical (unpaired) electrons. The second-order valence-electron chi connectivity index (χ2n) is 5.49. The van der Waals surface area contributed by atoms with Crippen LogP contribution in [0.15, 0.2) is 18.2 Å². The summed E-state index contributed by atoms with van der Waals surface area (Å²) >= 11 is 0. The van der Waals surface area contributed by atoms with Crippen LogP contribution < -0.4 is 5.32 Å². The molecule has 0 aliphatic carbocycles. The van der Waals surface area contributed by atoms with E-state index in [0.717, 1.165) is 0 Å². The Morgan fingerprint density at radius 3 is 2.39 bits per heavy atom. The minimum Gasteiger partial charge on any atom is -0.311 e. The van der Waals surface area contributed by atoms with Gasteiger partial charge in [0.05, 0.1) is 4.75 Å². The fourth-order valence-corrected chi connectivity index (χ4v) is 2.00. The van der Waals surface area contributed by atoms with Gasteiger partial charge >= 0.3 is 0 Å². The summed E-state index contributed by atoms with van der Waals surface area (Å²) in [4.78, 5) is 0. The zero-order valence-corrected chi connectivity index (χ0v) is 12.7. The van der Waals surface area contributed by atoms with E-state index in [0.29, 0.717) is 13.1 Å². The third-order valence-electron chi connectivity index (χ3n) is 3.59. The highest BCUT2D eigenvalue weighted by Gasteiger charge is 2.29. The van der Waals surface area contributed by atoms with Gasteiger partial charge in [0.25, 0.3) is 0 Å². The molecular formula is C14H23NO2S. The number of hydrogen-bond acceptors (Lipinski definition) is 3. The highest BCUT2D eigenvalue weighted by molar-refractivity contribution is 7.92. The van der Waals surface area contributed by atoms with E-state index in [9.17, 15) is 8.42 Å². The van der Waals surface area contributed by atoms with Crippen LogP contribution in [-0.2, 0) is 16.4 Å². The molecule has 4 heteroatoms. The van der Waals surface area contributed by atoms with Gasteiger partial charge in [-0.2, -0.15) is 0 Å². The van der Waals surface area contributed by atoms with E-state index in [2.05, 4.69) is 31.3 Å². The molecule has 3 nitrogen and oxygen atoms in total. The van der Waals surface area contributed by atoms with Gasteiger partial charge in [0, 0.05) is 19.3 Å². The molecule has 18 heavy (non-hydrogen) atoms. The summed E-state index contributed by atoms with van der Waals surface area (Å²) in [7, 11) is -3.04. The van der Waals surface area contributed by atoms with Gasteiger partial charge in [-0.15, -0.1) is 0 Å². The van der Waals surface area contributed by atoms with Crippen LogP contribution in [0.3, 0.4) is 0 Å². The zero-order chi connectivity index (χ0) is 14.0. The van der Waals surface area contributed by atoms with Gasteiger partial charge in [0.1, 0.15) is 0 Å². The smallest absolute Gasteiger partial charge is 0.153 e. The lowest BCUT2D eigenvalue weighted by Gasteiger charge is -2.23. The van der Waals surface area contributed by atoms with Crippen LogP contribution in [0.2, 0.25) is 0 Å². The summed E-state index contributed by atoms with van der Waals surface area (Å²) in [5.74, 6) is 0. The van der Waals surface area contributed by atoms with Crippen molar-refractivity contribution < 1.29 is 8.42 Å². The topological polar surface area (TPSA) is 46.2 Å². The highest BCUT2D eigenvalue weighted by Crippen LogP contribution is 2.15. The fourth-order valence-electron chi connectivity index (χ4n) is 1.63. The molecule has 0 aliphatic rings. The van der Waals surface area contributed by atoms with Crippen LogP contribution in [0, 0.1) is 13.8 Å². The molecule has 0 spiro atoms. The van der Waals surface area contributed by atoms with Crippen molar-refractivity contribution >= 4 is 9.84 Å². The van der Waals surface area contributed by atoms with Crippen molar-refractivity contribution in [3.8, 4) is 0 Å². The molecule has 1 aromatic carbocycles. The first-order chi connectivity index (χ1) is 8.15. The maximum Gasteiger partial charge on any atom is 0.153 e. The lowest BCUT2D eigenvalue weighted by atomic mass is 10.0. The van der Waals surface area contributed by atoms with Gasteiger partial charge < -0.3 is 5.32 Å². The molecule has 102 valence electrons. The molecule has 0 saturated heterocycles. The highest BCUT2D eigenvalue weighted by atomic mass is 32.2. The van der Waals surface area contributed by atoms with E-state index < -0.39 is 14.6 Å². The monoisotopic (exact) mass is 269 g/mol. The Hall–Kier alpha value is -0.870. The van der Waals surface area contributed by atoms with Crippen LogP contribution in [0.1, 0.15) is 30.5 Å². The molecule has 0 amide bonds. The van der Waals surface area contributed by atoms with Crippen LogP contribution in [0.4, 0.5) is 0 Å². The Morgan fingerprint density at radius 1 is 1.22 bits per heavy atom. The van der Waals surface area contributed by atoms with Gasteiger partial charge in [0.15, 0.2) is 9.84 Å². The first-order valence-corrected chi connectivity index (χ1v) is 8.00. The lowest BCUT2D eigenvalue weighted by Crippen LogP contribution is -2.41. The number of benzene rings is 1. The van der Waals surface area contributed by atoms with Gasteiger partial charge in [0.2, 0.25) is 0 Å². The maximum absolute atomic E-state index is 11.6. The third-order valence-corrected chi connectivity index (χ3v) is 5.74. The fraction of sp³-hybridized carbons (Fsp3) is 0.571. The average molecular weight is 269 g/mol. The molecule has 1 aromatic rings. The Kier molecular flexibility index (Phi) is 4.56. The summed E-state index contributed by atoms with van der Waals surface area (Å²) in [5, 5.41) is 3.24. The minimum atomic E-state index is -3.04. The summed E-state index contributed by atoms with van der Waals surface area (Å²) in [6, 6.07) is 6.18. The van der Waals surface area contributed by atoms with Crippen molar-refractivity contribution in [2.24, 2.45) is 0 Å². The van der Waals surface area contributed by atoms with Crippen molar-refractivity contribution in [2.75, 3.05) is 12.8 Å². The lowest BCUT2D eigenvalue weighted by molar-refractivity contribution is 0.521. The molecule has 0 saturated carbocycles. The van der Waals surface area contributed by atoms with Gasteiger partial charge in [-0.3, -0.25) is 0 Å². The van der Waals surface area contributed by atoms with Crippen LogP contribution >= 0.6 is 0 Å². The van der Waals surface area contributed by atoms with Crippen molar-refractivity contribution in [1.29, 1.82) is 0 Å². The molecule has 0 aliphatic heterocycles. The van der Waals surface area contributed by atoms with E-state index in [1.54, 1.807) is 13.8 Å². The van der Waals surface area contributed by atoms with E-state index in [-0.39, 0.29) is 0 Å². The summed E-state index contributed by atoms with van der Waals surface area (Å²) in [5.41, 5.74) is 3.75. The molecule has 0 unspecified atom stereocenters. The minimum absolute atomic E-state index is 0.458. The normalized spacial score (nSPS) is 12.7. The Labute approximate surface area is 111 Å². The van der Waals surface area contributed by atoms with Crippen molar-refractivity contribution in [2.45, 2.75) is 39.0 Å². The zero-order valence-electron chi connectivity index (χ0n) is 11.9. The largest absolute Gasteiger partial charge is 0.311 e. The van der Waals surface area contributed by atoms with E-state index in [4.69, 9.17) is 0 Å². The Bertz CT molecular complexity index is 519. The molecule has 0 heterocycles. The molecular weight excluding hydrogens is 246 g/mol. The molecule has 0 atom stereocenters. The third kappa shape index (κ3) is 3.56. The second kappa shape index (κ2) is 5.41. The first kappa shape index (κ1) is 15.2. The number of aryl methyl sites for hydroxylation is 1. The van der Waals surface area contributed by atoms with Crippen LogP contribution in [0.5, 0.6) is 0 Å². The predicted molar refractivity (Wildman–Crippen MR) is 76.5 cm³/mol. The summed E-state index contributed by atoms with van der Waals surface area (Å²) in [6.45, 7) is 8.83. The Morgan fingerprint density at radius 2 is 1.83 bits per heavy atom. The van der Waals surface area contributed by atoms with Crippen LogP contribution in [-0.4, -0.2) is 26.0 Å². The summed E-state index contributed by atoms with van der Waals surface area (Å²) in [6.07, 6.45) is 1.28. The number of nitrogens with one attached hydrogen (secondary N) is 1. The molecule has 0 aromatic heterocycles. The average Bonchev–Trinajstić information content (AvgIpc) is 2.22. The maximum atomic E-state index is 11.6. The van der Waals surface area contributed by atoms with Gasteiger partial charge in [-0.1, -0.05) is 18.2 Å². The Balaban J connectivity index is 2.66. The van der Waals surface area contributed by atoms with E-state index >= 15 is 0 Å². The van der Waals surface area contributed by atoms with Crippen molar-refractivity contribution in [3.63, 3.8) is 0 Å². The molecule has 1 N–H and O–H groups in total. The van der Waals surface area contributed by atoms with Crippen molar-refractivity contribution in [1.82, 2.24) is 5.32 Å². The first-order valence-electron chi connectivity index (χ1n) is 6.10. The number of sulfone groups is 1. The predicted octanol–water partition coefficient (Wildman–Crippen LogP) is 2.22. The molecule has 0 bridgehead atoms.